The number of ether oxygens (including phenoxy) is 1. The van der Waals surface area contributed by atoms with Gasteiger partial charge in [0.05, 0.1) is 17.0 Å². The fourth-order valence-electron chi connectivity index (χ4n) is 4.30. The lowest BCUT2D eigenvalue weighted by molar-refractivity contribution is -0.137. The van der Waals surface area contributed by atoms with Crippen LogP contribution < -0.4 is 4.74 Å². The summed E-state index contributed by atoms with van der Waals surface area (Å²) in [6.07, 6.45) is -1.97. The van der Waals surface area contributed by atoms with Gasteiger partial charge in [-0.05, 0) is 43.5 Å². The average molecular weight is 506 g/mol. The summed E-state index contributed by atoms with van der Waals surface area (Å²) in [7, 11) is 0. The Balaban J connectivity index is 1.40. The van der Waals surface area contributed by atoms with Crippen molar-refractivity contribution in [3.05, 3.63) is 45.8 Å². The van der Waals surface area contributed by atoms with Crippen molar-refractivity contribution in [1.82, 2.24) is 14.8 Å². The van der Waals surface area contributed by atoms with Crippen molar-refractivity contribution >= 4 is 11.3 Å². The minimum absolute atomic E-state index is 0.147. The molecule has 0 aliphatic carbocycles. The Kier molecular flexibility index (Phi) is 9.12. The number of halogens is 3. The first kappa shape index (κ1) is 26.9. The predicted octanol–water partition coefficient (Wildman–Crippen LogP) is 4.93. The largest absolute Gasteiger partial charge is 0.476 e. The van der Waals surface area contributed by atoms with Crippen molar-refractivity contribution in [1.29, 1.82) is 10.5 Å². The van der Waals surface area contributed by atoms with Crippen molar-refractivity contribution in [3.8, 4) is 18.0 Å². The van der Waals surface area contributed by atoms with Crippen molar-refractivity contribution in [3.63, 3.8) is 0 Å². The molecular formula is C25H30F3N5OS. The molecule has 0 bridgehead atoms. The molecule has 6 nitrogen and oxygen atoms in total. The lowest BCUT2D eigenvalue weighted by Gasteiger charge is -2.35. The Morgan fingerprint density at radius 1 is 1.06 bits per heavy atom. The van der Waals surface area contributed by atoms with Crippen LogP contribution in [0.15, 0.2) is 30.5 Å². The van der Waals surface area contributed by atoms with E-state index in [4.69, 9.17) is 10.00 Å². The van der Waals surface area contributed by atoms with Crippen LogP contribution in [-0.4, -0.2) is 60.7 Å². The number of alkyl halides is 3. The molecule has 3 rings (SSSR count). The number of thiophene rings is 1. The highest BCUT2D eigenvalue weighted by Crippen LogP contribution is 2.40. The van der Waals surface area contributed by atoms with Crippen LogP contribution in [0.4, 0.5) is 13.2 Å². The highest BCUT2D eigenvalue weighted by atomic mass is 32.1. The summed E-state index contributed by atoms with van der Waals surface area (Å²) in [6.45, 7) is 9.68. The van der Waals surface area contributed by atoms with Crippen molar-refractivity contribution < 1.29 is 17.9 Å². The second-order valence-electron chi connectivity index (χ2n) is 9.03. The van der Waals surface area contributed by atoms with Gasteiger partial charge in [0.15, 0.2) is 0 Å². The van der Waals surface area contributed by atoms with E-state index in [0.717, 1.165) is 62.7 Å². The molecule has 0 radical (unpaired) electrons. The SMILES string of the molecule is CC(C)C(C#N)(CCCN1CCN(CCOc2ccc(C(F)(F)F)cn2)CC1)c1ccc(C#N)s1. The van der Waals surface area contributed by atoms with Gasteiger partial charge >= 0.3 is 6.18 Å². The molecule has 3 heterocycles. The maximum absolute atomic E-state index is 12.6. The molecule has 1 atom stereocenters. The molecule has 188 valence electrons. The molecule has 0 spiro atoms. The normalized spacial score (nSPS) is 17.0. The van der Waals surface area contributed by atoms with E-state index in [2.05, 4.69) is 40.8 Å². The summed E-state index contributed by atoms with van der Waals surface area (Å²) in [4.78, 5) is 10.0. The molecule has 1 saturated heterocycles. The quantitative estimate of drug-likeness (QED) is 0.456. The van der Waals surface area contributed by atoms with E-state index in [1.807, 2.05) is 6.07 Å². The number of nitrogens with zero attached hydrogens (tertiary/aromatic N) is 5. The van der Waals surface area contributed by atoms with Crippen LogP contribution in [-0.2, 0) is 11.6 Å². The number of rotatable bonds is 10. The number of nitriles is 2. The lowest BCUT2D eigenvalue weighted by Crippen LogP contribution is -2.47. The predicted molar refractivity (Wildman–Crippen MR) is 128 cm³/mol. The van der Waals surface area contributed by atoms with E-state index >= 15 is 0 Å². The van der Waals surface area contributed by atoms with Gasteiger partial charge in [-0.2, -0.15) is 23.7 Å². The molecule has 1 aliphatic rings. The Morgan fingerprint density at radius 2 is 1.74 bits per heavy atom. The van der Waals surface area contributed by atoms with Crippen LogP contribution in [0.2, 0.25) is 0 Å². The zero-order chi connectivity index (χ0) is 25.5. The fraction of sp³-hybridized carbons (Fsp3) is 0.560. The Hall–Kier alpha value is -2.66. The van der Waals surface area contributed by atoms with Gasteiger partial charge in [-0.1, -0.05) is 13.8 Å². The summed E-state index contributed by atoms with van der Waals surface area (Å²) in [5.74, 6) is 0.337. The smallest absolute Gasteiger partial charge is 0.417 e. The van der Waals surface area contributed by atoms with Gasteiger partial charge in [0, 0.05) is 49.9 Å². The van der Waals surface area contributed by atoms with Gasteiger partial charge in [-0.25, -0.2) is 4.98 Å². The second kappa shape index (κ2) is 11.9. The molecule has 1 fully saturated rings. The first-order valence-corrected chi connectivity index (χ1v) is 12.5. The van der Waals surface area contributed by atoms with Crippen molar-refractivity contribution in [2.24, 2.45) is 5.92 Å². The standard InChI is InChI=1S/C25H30F3N5OS/c1-19(2)24(18-30,22-6-5-21(16-29)35-22)8-3-9-32-10-12-33(13-11-32)14-15-34-23-7-4-20(17-31-23)25(26,27)28/h4-7,17,19H,3,8-15H2,1-2H3. The molecule has 10 heteroatoms. The van der Waals surface area contributed by atoms with Gasteiger partial charge in [-0.15, -0.1) is 11.3 Å². The number of hydrogen-bond acceptors (Lipinski definition) is 7. The van der Waals surface area contributed by atoms with Crippen LogP contribution in [0.1, 0.15) is 42.0 Å². The van der Waals surface area contributed by atoms with Crippen LogP contribution in [0.25, 0.3) is 0 Å². The molecule has 0 N–H and O–H groups in total. The third-order valence-electron chi connectivity index (χ3n) is 6.57. The second-order valence-corrected chi connectivity index (χ2v) is 10.1. The first-order valence-electron chi connectivity index (χ1n) is 11.7. The molecule has 0 amide bonds. The zero-order valence-electron chi connectivity index (χ0n) is 20.0. The van der Waals surface area contributed by atoms with E-state index < -0.39 is 17.2 Å². The summed E-state index contributed by atoms with van der Waals surface area (Å²) < 4.78 is 43.3. The Morgan fingerprint density at radius 3 is 2.26 bits per heavy atom. The van der Waals surface area contributed by atoms with E-state index in [9.17, 15) is 18.4 Å². The number of piperazine rings is 1. The van der Waals surface area contributed by atoms with Crippen LogP contribution in [0.5, 0.6) is 5.88 Å². The van der Waals surface area contributed by atoms with Gasteiger partial charge in [0.2, 0.25) is 5.88 Å². The Bertz CT molecular complexity index is 1030. The van der Waals surface area contributed by atoms with Crippen molar-refractivity contribution in [2.75, 3.05) is 45.9 Å². The highest BCUT2D eigenvalue weighted by molar-refractivity contribution is 7.12. The zero-order valence-corrected chi connectivity index (χ0v) is 20.8. The molecule has 35 heavy (non-hydrogen) atoms. The third-order valence-corrected chi connectivity index (χ3v) is 7.74. The van der Waals surface area contributed by atoms with Crippen molar-refractivity contribution in [2.45, 2.75) is 38.3 Å². The lowest BCUT2D eigenvalue weighted by atomic mass is 9.73. The molecule has 0 aromatic carbocycles. The van der Waals surface area contributed by atoms with E-state index in [1.165, 1.54) is 17.4 Å². The average Bonchev–Trinajstić information content (AvgIpc) is 3.32. The third kappa shape index (κ3) is 6.94. The molecule has 2 aromatic heterocycles. The van der Waals surface area contributed by atoms with Gasteiger partial charge in [-0.3, -0.25) is 4.90 Å². The fourth-order valence-corrected chi connectivity index (χ4v) is 5.43. The maximum atomic E-state index is 12.6. The molecular weight excluding hydrogens is 475 g/mol. The monoisotopic (exact) mass is 505 g/mol. The maximum Gasteiger partial charge on any atom is 0.417 e. The number of pyridine rings is 1. The van der Waals surface area contributed by atoms with Gasteiger partial charge in [0.1, 0.15) is 17.6 Å². The summed E-state index contributed by atoms with van der Waals surface area (Å²) in [5.41, 5.74) is -1.37. The molecule has 0 saturated carbocycles. The summed E-state index contributed by atoms with van der Waals surface area (Å²) in [6, 6.07) is 10.7. The topological polar surface area (TPSA) is 76.2 Å². The van der Waals surface area contributed by atoms with Gasteiger partial charge < -0.3 is 9.64 Å². The van der Waals surface area contributed by atoms with Crippen LogP contribution in [0, 0.1) is 28.6 Å². The molecule has 1 aliphatic heterocycles. The minimum atomic E-state index is -4.40. The summed E-state index contributed by atoms with van der Waals surface area (Å²) in [5, 5.41) is 19.2. The van der Waals surface area contributed by atoms with Crippen LogP contribution in [0.3, 0.4) is 0 Å². The van der Waals surface area contributed by atoms with Gasteiger partial charge in [0.25, 0.3) is 0 Å². The van der Waals surface area contributed by atoms with Crippen LogP contribution >= 0.6 is 11.3 Å². The first-order chi connectivity index (χ1) is 16.7. The Labute approximate surface area is 208 Å². The number of hydrogen-bond donors (Lipinski definition) is 0. The molecule has 1 unspecified atom stereocenters. The highest BCUT2D eigenvalue weighted by Gasteiger charge is 2.37. The molecule has 2 aromatic rings. The minimum Gasteiger partial charge on any atom is -0.476 e. The van der Waals surface area contributed by atoms with E-state index in [-0.39, 0.29) is 11.8 Å². The number of aromatic nitrogens is 1. The van der Waals surface area contributed by atoms with E-state index in [1.54, 1.807) is 6.07 Å². The summed E-state index contributed by atoms with van der Waals surface area (Å²) >= 11 is 1.42. The van der Waals surface area contributed by atoms with E-state index in [0.29, 0.717) is 18.0 Å².